The first-order valence-corrected chi connectivity index (χ1v) is 19.3. The van der Waals surface area contributed by atoms with Crippen LogP contribution < -0.4 is 4.90 Å². The first kappa shape index (κ1) is 30.6. The molecule has 9 aromatic carbocycles. The molecular formula is C53H35NO. The van der Waals surface area contributed by atoms with Crippen LogP contribution in [0.25, 0.3) is 65.7 Å². The topological polar surface area (TPSA) is 16.4 Å². The molecule has 12 rings (SSSR count). The van der Waals surface area contributed by atoms with Crippen molar-refractivity contribution in [3.05, 3.63) is 210 Å². The monoisotopic (exact) mass is 701 g/mol. The van der Waals surface area contributed by atoms with E-state index < -0.39 is 5.41 Å². The van der Waals surface area contributed by atoms with Crippen LogP contribution in [0.5, 0.6) is 0 Å². The lowest BCUT2D eigenvalue weighted by atomic mass is 9.60. The average molecular weight is 702 g/mol. The summed E-state index contributed by atoms with van der Waals surface area (Å²) in [6.45, 7) is 2.31. The Labute approximate surface area is 319 Å². The van der Waals surface area contributed by atoms with Crippen LogP contribution >= 0.6 is 0 Å². The highest BCUT2D eigenvalue weighted by Crippen LogP contribution is 2.63. The van der Waals surface area contributed by atoms with E-state index in [9.17, 15) is 0 Å². The number of nitrogens with zero attached hydrogens (tertiary/aromatic N) is 1. The summed E-state index contributed by atoms with van der Waals surface area (Å²) in [7, 11) is 0. The lowest BCUT2D eigenvalue weighted by Gasteiger charge is -2.41. The maximum absolute atomic E-state index is 6.51. The number of hydrogen-bond acceptors (Lipinski definition) is 2. The molecule has 0 aliphatic heterocycles. The largest absolute Gasteiger partial charge is 0.456 e. The summed E-state index contributed by atoms with van der Waals surface area (Å²) in [4.78, 5) is 2.44. The quantitative estimate of drug-likeness (QED) is 0.182. The Balaban J connectivity index is 1.20. The van der Waals surface area contributed by atoms with E-state index in [4.69, 9.17) is 4.42 Å². The molecule has 2 aliphatic carbocycles. The van der Waals surface area contributed by atoms with Crippen LogP contribution in [0.2, 0.25) is 0 Å². The van der Waals surface area contributed by atoms with Crippen molar-refractivity contribution in [2.24, 2.45) is 0 Å². The molecule has 258 valence electrons. The van der Waals surface area contributed by atoms with Crippen molar-refractivity contribution in [3.63, 3.8) is 0 Å². The van der Waals surface area contributed by atoms with Crippen molar-refractivity contribution in [1.29, 1.82) is 0 Å². The number of anilines is 3. The second kappa shape index (κ2) is 11.3. The second-order valence-corrected chi connectivity index (χ2v) is 15.0. The van der Waals surface area contributed by atoms with Crippen LogP contribution in [-0.2, 0) is 11.8 Å². The fraction of sp³-hybridized carbons (Fsp3) is 0.0566. The lowest BCUT2D eigenvalue weighted by molar-refractivity contribution is 0.669. The van der Waals surface area contributed by atoms with Crippen LogP contribution in [-0.4, -0.2) is 0 Å². The zero-order valence-corrected chi connectivity index (χ0v) is 30.4. The van der Waals surface area contributed by atoms with Gasteiger partial charge in [0.2, 0.25) is 0 Å². The highest BCUT2D eigenvalue weighted by atomic mass is 16.3. The molecule has 0 saturated heterocycles. The van der Waals surface area contributed by atoms with E-state index in [-0.39, 0.29) is 0 Å². The zero-order chi connectivity index (χ0) is 36.3. The summed E-state index contributed by atoms with van der Waals surface area (Å²) in [5, 5.41) is 7.32. The molecule has 0 fully saturated rings. The molecule has 10 aromatic rings. The third kappa shape index (κ3) is 4.03. The SMILES string of the molecule is CCc1ccc2cccc3c2c1C1(c2ccccc2-c2ccc(N(c4ccc5c(c4)oc4ccccc45)c4cccc5ccccc45)cc21)c1ccccc1-3. The molecule has 1 heterocycles. The van der Waals surface area contributed by atoms with Gasteiger partial charge in [0, 0.05) is 33.6 Å². The van der Waals surface area contributed by atoms with Gasteiger partial charge in [-0.05, 0) is 109 Å². The van der Waals surface area contributed by atoms with Crippen LogP contribution in [0.15, 0.2) is 186 Å². The molecule has 1 spiro atoms. The Kier molecular flexibility index (Phi) is 6.28. The van der Waals surface area contributed by atoms with E-state index in [0.29, 0.717) is 0 Å². The Morgan fingerprint density at radius 1 is 0.455 bits per heavy atom. The fourth-order valence-corrected chi connectivity index (χ4v) is 10.2. The Bertz CT molecular complexity index is 3220. The highest BCUT2D eigenvalue weighted by molar-refractivity contribution is 6.09. The fourth-order valence-electron chi connectivity index (χ4n) is 10.2. The molecule has 0 amide bonds. The minimum atomic E-state index is -0.509. The van der Waals surface area contributed by atoms with Crippen molar-refractivity contribution < 1.29 is 4.42 Å². The van der Waals surface area contributed by atoms with Crippen LogP contribution in [0.4, 0.5) is 17.1 Å². The van der Waals surface area contributed by atoms with Gasteiger partial charge in [-0.2, -0.15) is 0 Å². The minimum Gasteiger partial charge on any atom is -0.456 e. The van der Waals surface area contributed by atoms with Crippen molar-refractivity contribution in [2.75, 3.05) is 4.90 Å². The van der Waals surface area contributed by atoms with Gasteiger partial charge in [-0.25, -0.2) is 0 Å². The van der Waals surface area contributed by atoms with Crippen molar-refractivity contribution in [2.45, 2.75) is 18.8 Å². The Morgan fingerprint density at radius 3 is 1.93 bits per heavy atom. The zero-order valence-electron chi connectivity index (χ0n) is 30.4. The summed E-state index contributed by atoms with van der Waals surface area (Å²) >= 11 is 0. The summed E-state index contributed by atoms with van der Waals surface area (Å²) in [5.41, 5.74) is 16.6. The molecule has 0 bridgehead atoms. The van der Waals surface area contributed by atoms with Gasteiger partial charge in [-0.3, -0.25) is 0 Å². The molecular weight excluding hydrogens is 667 g/mol. The molecule has 55 heavy (non-hydrogen) atoms. The van der Waals surface area contributed by atoms with Crippen LogP contribution in [0, 0.1) is 0 Å². The number of benzene rings is 9. The van der Waals surface area contributed by atoms with Gasteiger partial charge in [0.25, 0.3) is 0 Å². The number of furan rings is 1. The van der Waals surface area contributed by atoms with Gasteiger partial charge in [0.1, 0.15) is 11.2 Å². The number of rotatable bonds is 4. The van der Waals surface area contributed by atoms with E-state index in [0.717, 1.165) is 45.4 Å². The molecule has 1 aromatic heterocycles. The molecule has 1 unspecified atom stereocenters. The van der Waals surface area contributed by atoms with E-state index in [1.807, 2.05) is 6.07 Å². The molecule has 2 heteroatoms. The van der Waals surface area contributed by atoms with Gasteiger partial charge < -0.3 is 9.32 Å². The minimum absolute atomic E-state index is 0.509. The lowest BCUT2D eigenvalue weighted by Crippen LogP contribution is -2.33. The first-order chi connectivity index (χ1) is 27.2. The van der Waals surface area contributed by atoms with E-state index in [1.54, 1.807) is 0 Å². The van der Waals surface area contributed by atoms with Crippen molar-refractivity contribution in [1.82, 2.24) is 0 Å². The Hall–Kier alpha value is -6.90. The molecule has 1 atom stereocenters. The normalized spacial score (nSPS) is 15.1. The molecule has 2 aliphatic rings. The molecule has 0 N–H and O–H groups in total. The van der Waals surface area contributed by atoms with Crippen molar-refractivity contribution >= 4 is 60.5 Å². The van der Waals surface area contributed by atoms with Gasteiger partial charge in [-0.15, -0.1) is 0 Å². The standard InChI is InChI=1S/C53H35NO/c1-2-33-25-26-35-15-11-20-44-40-18-6-9-22-46(40)53(52(33)51(35)44)45-21-8-5-17-39(45)41-29-27-36(31-47(41)53)54(48-23-12-14-34-13-3-4-16-38(34)48)37-28-30-43-42-19-7-10-24-49(42)55-50(43)32-37/h3-32H,2H2,1H3. The van der Waals surface area contributed by atoms with Crippen molar-refractivity contribution in [3.8, 4) is 22.3 Å². The number of aryl methyl sites for hydroxylation is 1. The van der Waals surface area contributed by atoms with E-state index >= 15 is 0 Å². The molecule has 0 radical (unpaired) electrons. The van der Waals surface area contributed by atoms with E-state index in [2.05, 4.69) is 188 Å². The van der Waals surface area contributed by atoms with E-state index in [1.165, 1.54) is 71.6 Å². The summed E-state index contributed by atoms with van der Waals surface area (Å²) in [5.74, 6) is 0. The summed E-state index contributed by atoms with van der Waals surface area (Å²) in [6, 6.07) is 67.4. The summed E-state index contributed by atoms with van der Waals surface area (Å²) in [6.07, 6.45) is 0.945. The number of para-hydroxylation sites is 1. The predicted molar refractivity (Wildman–Crippen MR) is 229 cm³/mol. The Morgan fingerprint density at radius 2 is 1.07 bits per heavy atom. The predicted octanol–water partition coefficient (Wildman–Crippen LogP) is 14.3. The van der Waals surface area contributed by atoms with Gasteiger partial charge in [0.05, 0.1) is 11.1 Å². The van der Waals surface area contributed by atoms with Gasteiger partial charge >= 0.3 is 0 Å². The third-order valence-electron chi connectivity index (χ3n) is 12.4. The number of hydrogen-bond donors (Lipinski definition) is 0. The van der Waals surface area contributed by atoms with Gasteiger partial charge in [0.15, 0.2) is 0 Å². The molecule has 0 saturated carbocycles. The maximum atomic E-state index is 6.51. The summed E-state index contributed by atoms with van der Waals surface area (Å²) < 4.78 is 6.51. The molecule has 2 nitrogen and oxygen atoms in total. The van der Waals surface area contributed by atoms with Crippen LogP contribution in [0.1, 0.15) is 34.7 Å². The average Bonchev–Trinajstić information content (AvgIpc) is 3.76. The van der Waals surface area contributed by atoms with Crippen LogP contribution in [0.3, 0.4) is 0 Å². The number of fused-ring (bicyclic) bond motifs is 13. The second-order valence-electron chi connectivity index (χ2n) is 15.0. The smallest absolute Gasteiger partial charge is 0.137 e. The first-order valence-electron chi connectivity index (χ1n) is 19.3. The highest BCUT2D eigenvalue weighted by Gasteiger charge is 2.51. The maximum Gasteiger partial charge on any atom is 0.137 e. The van der Waals surface area contributed by atoms with Gasteiger partial charge in [-0.1, -0.05) is 146 Å². The third-order valence-corrected chi connectivity index (χ3v) is 12.4.